The van der Waals surface area contributed by atoms with Gasteiger partial charge in [-0.05, 0) is 32.4 Å². The van der Waals surface area contributed by atoms with E-state index in [1.165, 1.54) is 9.75 Å². The maximum Gasteiger partial charge on any atom is 0.233 e. The maximum absolute atomic E-state index is 11.5. The summed E-state index contributed by atoms with van der Waals surface area (Å²) in [5.74, 6) is 0.0335. The minimum Gasteiger partial charge on any atom is -0.385 e. The zero-order valence-corrected chi connectivity index (χ0v) is 12.1. The molecule has 102 valence electrons. The van der Waals surface area contributed by atoms with Crippen LogP contribution in [-0.2, 0) is 9.53 Å². The number of hydrogen-bond donors (Lipinski definition) is 2. The quantitative estimate of drug-likeness (QED) is 0.709. The second-order valence-electron chi connectivity index (χ2n) is 4.25. The molecule has 0 saturated heterocycles. The fourth-order valence-electron chi connectivity index (χ4n) is 1.54. The van der Waals surface area contributed by atoms with Crippen LogP contribution in [0.15, 0.2) is 12.1 Å². The second kappa shape index (κ2) is 8.24. The maximum atomic E-state index is 11.5. The smallest absolute Gasteiger partial charge is 0.233 e. The van der Waals surface area contributed by atoms with E-state index in [1.54, 1.807) is 18.4 Å². The number of hydrogen-bond acceptors (Lipinski definition) is 4. The summed E-state index contributed by atoms with van der Waals surface area (Å²) in [6.07, 6.45) is 0.849. The number of thiophene rings is 1. The second-order valence-corrected chi connectivity index (χ2v) is 5.57. The predicted molar refractivity (Wildman–Crippen MR) is 75.0 cm³/mol. The van der Waals surface area contributed by atoms with E-state index >= 15 is 0 Å². The number of aryl methyl sites for hydroxylation is 1. The van der Waals surface area contributed by atoms with E-state index in [0.29, 0.717) is 19.7 Å². The first kappa shape index (κ1) is 15.1. The highest BCUT2D eigenvalue weighted by Gasteiger charge is 2.08. The van der Waals surface area contributed by atoms with Crippen molar-refractivity contribution >= 4 is 17.2 Å². The molecule has 18 heavy (non-hydrogen) atoms. The highest BCUT2D eigenvalue weighted by molar-refractivity contribution is 7.12. The molecule has 0 aliphatic carbocycles. The van der Waals surface area contributed by atoms with Crippen molar-refractivity contribution in [1.82, 2.24) is 10.6 Å². The molecule has 0 fully saturated rings. The van der Waals surface area contributed by atoms with Crippen LogP contribution in [0.25, 0.3) is 0 Å². The molecular formula is C13H22N2O2S. The van der Waals surface area contributed by atoms with Crippen LogP contribution in [0, 0.1) is 6.92 Å². The molecule has 1 heterocycles. The van der Waals surface area contributed by atoms with Crippen molar-refractivity contribution in [3.63, 3.8) is 0 Å². The van der Waals surface area contributed by atoms with Crippen molar-refractivity contribution in [3.05, 3.63) is 21.9 Å². The molecular weight excluding hydrogens is 248 g/mol. The highest BCUT2D eigenvalue weighted by Crippen LogP contribution is 2.21. The summed E-state index contributed by atoms with van der Waals surface area (Å²) in [5.41, 5.74) is 0. The summed E-state index contributed by atoms with van der Waals surface area (Å²) in [6.45, 7) is 5.86. The lowest BCUT2D eigenvalue weighted by Crippen LogP contribution is -2.35. The van der Waals surface area contributed by atoms with Crippen LogP contribution >= 0.6 is 11.3 Å². The van der Waals surface area contributed by atoms with Crippen LogP contribution < -0.4 is 10.6 Å². The molecule has 0 saturated carbocycles. The summed E-state index contributed by atoms with van der Waals surface area (Å²) in [4.78, 5) is 14.1. The molecule has 1 rings (SSSR count). The average Bonchev–Trinajstić information content (AvgIpc) is 2.78. The molecule has 0 bridgehead atoms. The molecule has 2 N–H and O–H groups in total. The molecule has 0 spiro atoms. The molecule has 1 aromatic rings. The molecule has 0 aromatic carbocycles. The van der Waals surface area contributed by atoms with Crippen molar-refractivity contribution in [2.24, 2.45) is 0 Å². The molecule has 0 radical (unpaired) electrons. The van der Waals surface area contributed by atoms with Gasteiger partial charge in [0.1, 0.15) is 0 Å². The van der Waals surface area contributed by atoms with E-state index in [-0.39, 0.29) is 11.9 Å². The molecule has 1 amide bonds. The number of ether oxygens (including phenoxy) is 1. The number of carbonyl (C=O) groups excluding carboxylic acids is 1. The van der Waals surface area contributed by atoms with Gasteiger partial charge < -0.3 is 15.4 Å². The Morgan fingerprint density at radius 2 is 2.28 bits per heavy atom. The summed E-state index contributed by atoms with van der Waals surface area (Å²) in [5, 5.41) is 6.07. The Balaban J connectivity index is 2.18. The van der Waals surface area contributed by atoms with Crippen LogP contribution in [0.5, 0.6) is 0 Å². The molecule has 0 aliphatic rings. The third-order valence-electron chi connectivity index (χ3n) is 2.60. The standard InChI is InChI=1S/C13H22N2O2S/c1-10-5-6-12(18-10)11(2)15-9-13(16)14-7-4-8-17-3/h5-6,11,15H,4,7-9H2,1-3H3,(H,14,16). The summed E-state index contributed by atoms with van der Waals surface area (Å²) in [6, 6.07) is 4.42. The first-order valence-electron chi connectivity index (χ1n) is 6.19. The van der Waals surface area contributed by atoms with Gasteiger partial charge in [-0.25, -0.2) is 0 Å². The zero-order valence-electron chi connectivity index (χ0n) is 11.3. The number of nitrogens with one attached hydrogen (secondary N) is 2. The van der Waals surface area contributed by atoms with Crippen molar-refractivity contribution in [2.45, 2.75) is 26.3 Å². The third kappa shape index (κ3) is 5.62. The fraction of sp³-hybridized carbons (Fsp3) is 0.615. The largest absolute Gasteiger partial charge is 0.385 e. The monoisotopic (exact) mass is 270 g/mol. The minimum atomic E-state index is 0.0335. The van der Waals surface area contributed by atoms with Crippen LogP contribution in [0.1, 0.15) is 29.1 Å². The van der Waals surface area contributed by atoms with Crippen molar-refractivity contribution in [3.8, 4) is 0 Å². The number of amides is 1. The minimum absolute atomic E-state index is 0.0335. The Labute approximate surface area is 113 Å². The SMILES string of the molecule is COCCCNC(=O)CNC(C)c1ccc(C)s1. The van der Waals surface area contributed by atoms with Crippen LogP contribution in [0.2, 0.25) is 0 Å². The zero-order chi connectivity index (χ0) is 13.4. The van der Waals surface area contributed by atoms with Gasteiger partial charge >= 0.3 is 0 Å². The van der Waals surface area contributed by atoms with Crippen molar-refractivity contribution in [2.75, 3.05) is 26.8 Å². The molecule has 1 aromatic heterocycles. The highest BCUT2D eigenvalue weighted by atomic mass is 32.1. The van der Waals surface area contributed by atoms with Crippen molar-refractivity contribution in [1.29, 1.82) is 0 Å². The van der Waals surface area contributed by atoms with E-state index < -0.39 is 0 Å². The van der Waals surface area contributed by atoms with Crippen LogP contribution in [0.3, 0.4) is 0 Å². The number of carbonyl (C=O) groups is 1. The van der Waals surface area contributed by atoms with Gasteiger partial charge in [-0.2, -0.15) is 0 Å². The Hall–Kier alpha value is -0.910. The number of methoxy groups -OCH3 is 1. The average molecular weight is 270 g/mol. The fourth-order valence-corrected chi connectivity index (χ4v) is 2.44. The van der Waals surface area contributed by atoms with E-state index in [0.717, 1.165) is 6.42 Å². The topological polar surface area (TPSA) is 50.4 Å². The normalized spacial score (nSPS) is 12.4. The first-order valence-corrected chi connectivity index (χ1v) is 7.00. The molecule has 1 unspecified atom stereocenters. The van der Waals surface area contributed by atoms with Gasteiger partial charge in [-0.15, -0.1) is 11.3 Å². The Bertz CT molecular complexity index is 366. The van der Waals surface area contributed by atoms with Gasteiger partial charge in [0.15, 0.2) is 0 Å². The van der Waals surface area contributed by atoms with Gasteiger partial charge in [0, 0.05) is 36.1 Å². The first-order chi connectivity index (χ1) is 8.63. The van der Waals surface area contributed by atoms with Crippen molar-refractivity contribution < 1.29 is 9.53 Å². The lowest BCUT2D eigenvalue weighted by molar-refractivity contribution is -0.120. The lowest BCUT2D eigenvalue weighted by atomic mass is 10.2. The van der Waals surface area contributed by atoms with Gasteiger partial charge in [-0.3, -0.25) is 4.79 Å². The Kier molecular flexibility index (Phi) is 6.93. The summed E-state index contributed by atoms with van der Waals surface area (Å²) < 4.78 is 4.92. The van der Waals surface area contributed by atoms with Crippen LogP contribution in [-0.4, -0.2) is 32.7 Å². The van der Waals surface area contributed by atoms with E-state index in [1.807, 2.05) is 0 Å². The van der Waals surface area contributed by atoms with Gasteiger partial charge in [0.05, 0.1) is 6.54 Å². The summed E-state index contributed by atoms with van der Waals surface area (Å²) in [7, 11) is 1.66. The molecule has 4 nitrogen and oxygen atoms in total. The Morgan fingerprint density at radius 3 is 2.89 bits per heavy atom. The van der Waals surface area contributed by atoms with E-state index in [9.17, 15) is 4.79 Å². The molecule has 0 aliphatic heterocycles. The third-order valence-corrected chi connectivity index (χ3v) is 3.79. The van der Waals surface area contributed by atoms with Gasteiger partial charge in [0.2, 0.25) is 5.91 Å². The molecule has 5 heteroatoms. The Morgan fingerprint density at radius 1 is 1.50 bits per heavy atom. The predicted octanol–water partition coefficient (Wildman–Crippen LogP) is 1.86. The number of rotatable bonds is 8. The van der Waals surface area contributed by atoms with Crippen LogP contribution in [0.4, 0.5) is 0 Å². The van der Waals surface area contributed by atoms with E-state index in [4.69, 9.17) is 4.74 Å². The summed E-state index contributed by atoms with van der Waals surface area (Å²) >= 11 is 1.76. The van der Waals surface area contributed by atoms with E-state index in [2.05, 4.69) is 36.6 Å². The van der Waals surface area contributed by atoms with Gasteiger partial charge in [-0.1, -0.05) is 0 Å². The molecule has 1 atom stereocenters. The lowest BCUT2D eigenvalue weighted by Gasteiger charge is -2.12. The van der Waals surface area contributed by atoms with Gasteiger partial charge in [0.25, 0.3) is 0 Å².